The van der Waals surface area contributed by atoms with E-state index in [1.54, 1.807) is 0 Å². The summed E-state index contributed by atoms with van der Waals surface area (Å²) in [4.78, 5) is 3.64. The van der Waals surface area contributed by atoms with Crippen LogP contribution in [0, 0.1) is 5.92 Å². The summed E-state index contributed by atoms with van der Waals surface area (Å²) in [5.74, 6) is -1.97. The Labute approximate surface area is 85.1 Å². The van der Waals surface area contributed by atoms with Gasteiger partial charge < -0.3 is 5.11 Å². The highest BCUT2D eigenvalue weighted by Crippen LogP contribution is 2.36. The Hall–Kier alpha value is -1.36. The Morgan fingerprint density at radius 1 is 1.47 bits per heavy atom. The van der Waals surface area contributed by atoms with Gasteiger partial charge >= 0.3 is 6.18 Å². The van der Waals surface area contributed by atoms with Gasteiger partial charge in [-0.25, -0.2) is 0 Å². The Balaban J connectivity index is 2.92. The minimum Gasteiger partial charge on any atom is -0.387 e. The lowest BCUT2D eigenvalue weighted by Crippen LogP contribution is -2.27. The van der Waals surface area contributed by atoms with Crippen LogP contribution in [0.5, 0.6) is 0 Å². The largest absolute Gasteiger partial charge is 0.397 e. The van der Waals surface area contributed by atoms with E-state index in [2.05, 4.69) is 11.6 Å². The maximum absolute atomic E-state index is 12.4. The summed E-state index contributed by atoms with van der Waals surface area (Å²) in [5, 5.41) is 9.48. The molecule has 15 heavy (non-hydrogen) atoms. The predicted molar refractivity (Wildman–Crippen MR) is 48.9 cm³/mol. The molecule has 2 nitrogen and oxygen atoms in total. The Morgan fingerprint density at radius 2 is 2.13 bits per heavy atom. The van der Waals surface area contributed by atoms with Crippen LogP contribution in [0.2, 0.25) is 0 Å². The lowest BCUT2D eigenvalue weighted by atomic mass is 9.96. The molecule has 0 amide bonds. The number of hydrogen-bond acceptors (Lipinski definition) is 2. The van der Waals surface area contributed by atoms with Gasteiger partial charge in [-0.1, -0.05) is 12.1 Å². The van der Waals surface area contributed by atoms with Crippen molar-refractivity contribution in [2.45, 2.75) is 12.3 Å². The number of hydrogen-bond donors (Lipinski definition) is 1. The van der Waals surface area contributed by atoms with Crippen LogP contribution in [0.3, 0.4) is 0 Å². The quantitative estimate of drug-likeness (QED) is 0.789. The standard InChI is InChI=1S/C10H10F3NO/c1-2-8(10(11,12)13)9(15)7-4-3-5-14-6-7/h2-6,8-9,15H,1H2. The highest BCUT2D eigenvalue weighted by Gasteiger charge is 2.42. The first-order valence-corrected chi connectivity index (χ1v) is 4.24. The van der Waals surface area contributed by atoms with Crippen LogP contribution >= 0.6 is 0 Å². The number of aliphatic hydroxyl groups is 1. The maximum Gasteiger partial charge on any atom is 0.397 e. The van der Waals surface area contributed by atoms with Crippen molar-refractivity contribution in [2.75, 3.05) is 0 Å². The molecule has 82 valence electrons. The van der Waals surface area contributed by atoms with E-state index in [9.17, 15) is 18.3 Å². The van der Waals surface area contributed by atoms with Crippen molar-refractivity contribution in [3.8, 4) is 0 Å². The second-order valence-corrected chi connectivity index (χ2v) is 3.03. The molecule has 0 radical (unpaired) electrons. The molecule has 2 unspecified atom stereocenters. The first-order valence-electron chi connectivity index (χ1n) is 4.24. The van der Waals surface area contributed by atoms with Crippen LogP contribution in [0.4, 0.5) is 13.2 Å². The molecule has 0 aliphatic carbocycles. The molecule has 0 aliphatic heterocycles. The third kappa shape index (κ3) is 2.79. The number of aromatic nitrogens is 1. The summed E-state index contributed by atoms with van der Waals surface area (Å²) < 4.78 is 37.2. The van der Waals surface area contributed by atoms with Gasteiger partial charge in [-0.05, 0) is 11.6 Å². The molecular weight excluding hydrogens is 207 g/mol. The van der Waals surface area contributed by atoms with Crippen molar-refractivity contribution < 1.29 is 18.3 Å². The zero-order chi connectivity index (χ0) is 11.5. The van der Waals surface area contributed by atoms with Gasteiger partial charge in [-0.15, -0.1) is 6.58 Å². The molecule has 1 rings (SSSR count). The van der Waals surface area contributed by atoms with Crippen LogP contribution in [0.15, 0.2) is 37.2 Å². The Kier molecular flexibility index (Phi) is 3.47. The zero-order valence-electron chi connectivity index (χ0n) is 7.78. The van der Waals surface area contributed by atoms with E-state index in [-0.39, 0.29) is 5.56 Å². The number of halogens is 3. The normalized spacial score (nSPS) is 15.7. The van der Waals surface area contributed by atoms with Crippen molar-refractivity contribution >= 4 is 0 Å². The van der Waals surface area contributed by atoms with Gasteiger partial charge in [0, 0.05) is 12.4 Å². The Bertz CT molecular complexity index is 323. The number of rotatable bonds is 3. The predicted octanol–water partition coefficient (Wildman–Crippen LogP) is 2.48. The van der Waals surface area contributed by atoms with Crippen LogP contribution in [0.1, 0.15) is 11.7 Å². The van der Waals surface area contributed by atoms with Crippen molar-refractivity contribution in [3.63, 3.8) is 0 Å². The van der Waals surface area contributed by atoms with Crippen molar-refractivity contribution in [3.05, 3.63) is 42.7 Å². The average Bonchev–Trinajstić information content (AvgIpc) is 2.18. The molecule has 1 aromatic heterocycles. The third-order valence-electron chi connectivity index (χ3n) is 2.00. The molecule has 2 atom stereocenters. The van der Waals surface area contributed by atoms with Gasteiger partial charge in [0.25, 0.3) is 0 Å². The summed E-state index contributed by atoms with van der Waals surface area (Å²) >= 11 is 0. The molecule has 0 saturated heterocycles. The summed E-state index contributed by atoms with van der Waals surface area (Å²) in [6, 6.07) is 2.86. The number of alkyl halides is 3. The van der Waals surface area contributed by atoms with E-state index in [1.807, 2.05) is 0 Å². The minimum atomic E-state index is -4.50. The van der Waals surface area contributed by atoms with Gasteiger partial charge in [0.2, 0.25) is 0 Å². The van der Waals surface area contributed by atoms with Gasteiger partial charge in [0.05, 0.1) is 6.10 Å². The second-order valence-electron chi connectivity index (χ2n) is 3.03. The summed E-state index contributed by atoms with van der Waals surface area (Å²) in [6.07, 6.45) is -2.84. The first-order chi connectivity index (χ1) is 6.96. The monoisotopic (exact) mass is 217 g/mol. The van der Waals surface area contributed by atoms with Crippen LogP contribution in [-0.4, -0.2) is 16.3 Å². The van der Waals surface area contributed by atoms with Gasteiger partial charge in [0.1, 0.15) is 5.92 Å². The lowest BCUT2D eigenvalue weighted by molar-refractivity contribution is -0.185. The topological polar surface area (TPSA) is 33.1 Å². The molecule has 0 aromatic carbocycles. The van der Waals surface area contributed by atoms with Gasteiger partial charge in [0.15, 0.2) is 0 Å². The van der Waals surface area contributed by atoms with E-state index < -0.39 is 18.2 Å². The molecule has 0 bridgehead atoms. The summed E-state index contributed by atoms with van der Waals surface area (Å²) in [7, 11) is 0. The fourth-order valence-electron chi connectivity index (χ4n) is 1.20. The van der Waals surface area contributed by atoms with Crippen LogP contribution in [-0.2, 0) is 0 Å². The SMILES string of the molecule is C=CC(C(O)c1cccnc1)C(F)(F)F. The molecule has 0 saturated carbocycles. The van der Waals surface area contributed by atoms with E-state index in [0.29, 0.717) is 6.08 Å². The van der Waals surface area contributed by atoms with E-state index in [0.717, 1.165) is 0 Å². The number of aliphatic hydroxyl groups excluding tert-OH is 1. The molecule has 0 spiro atoms. The molecule has 1 N–H and O–H groups in total. The fourth-order valence-corrected chi connectivity index (χ4v) is 1.20. The maximum atomic E-state index is 12.4. The highest BCUT2D eigenvalue weighted by atomic mass is 19.4. The molecule has 0 fully saturated rings. The van der Waals surface area contributed by atoms with E-state index in [1.165, 1.54) is 24.5 Å². The van der Waals surface area contributed by atoms with Crippen molar-refractivity contribution in [2.24, 2.45) is 5.92 Å². The van der Waals surface area contributed by atoms with Gasteiger partial charge in [-0.2, -0.15) is 13.2 Å². The average molecular weight is 217 g/mol. The van der Waals surface area contributed by atoms with Crippen LogP contribution < -0.4 is 0 Å². The van der Waals surface area contributed by atoms with Crippen molar-refractivity contribution in [1.82, 2.24) is 4.98 Å². The molecule has 1 heterocycles. The minimum absolute atomic E-state index is 0.125. The summed E-state index contributed by atoms with van der Waals surface area (Å²) in [5.41, 5.74) is 0.125. The second kappa shape index (κ2) is 4.44. The van der Waals surface area contributed by atoms with Crippen LogP contribution in [0.25, 0.3) is 0 Å². The molecular formula is C10H10F3NO. The number of pyridine rings is 1. The lowest BCUT2D eigenvalue weighted by Gasteiger charge is -2.22. The van der Waals surface area contributed by atoms with Gasteiger partial charge in [-0.3, -0.25) is 4.98 Å². The number of nitrogens with zero attached hydrogens (tertiary/aromatic N) is 1. The highest BCUT2D eigenvalue weighted by molar-refractivity contribution is 5.15. The molecule has 5 heteroatoms. The Morgan fingerprint density at radius 3 is 2.53 bits per heavy atom. The fraction of sp³-hybridized carbons (Fsp3) is 0.300. The molecule has 1 aromatic rings. The summed E-state index contributed by atoms with van der Waals surface area (Å²) in [6.45, 7) is 3.07. The smallest absolute Gasteiger partial charge is 0.387 e. The zero-order valence-corrected chi connectivity index (χ0v) is 7.78. The van der Waals surface area contributed by atoms with Crippen molar-refractivity contribution in [1.29, 1.82) is 0 Å². The molecule has 0 aliphatic rings. The van der Waals surface area contributed by atoms with E-state index >= 15 is 0 Å². The third-order valence-corrected chi connectivity index (χ3v) is 2.00. The first kappa shape index (κ1) is 11.7. The van der Waals surface area contributed by atoms with E-state index in [4.69, 9.17) is 0 Å².